The standard InChI is InChI=1S/C14H16N2OS/c1-2-6-13(17)16-14-15-10-12(18-14)9-11-7-4-3-5-8-11/h3-5,7-8,10H,2,6,9H2,1H3,(H,15,16,17). The number of carbonyl (C=O) groups excluding carboxylic acids is 1. The number of carbonyl (C=O) groups is 1. The lowest BCUT2D eigenvalue weighted by molar-refractivity contribution is -0.116. The Labute approximate surface area is 111 Å². The molecule has 4 heteroatoms. The summed E-state index contributed by atoms with van der Waals surface area (Å²) in [5.74, 6) is 0.0399. The number of thiazole rings is 1. The Hall–Kier alpha value is -1.68. The van der Waals surface area contributed by atoms with Crippen LogP contribution >= 0.6 is 11.3 Å². The summed E-state index contributed by atoms with van der Waals surface area (Å²) in [6.07, 6.45) is 4.10. The minimum Gasteiger partial charge on any atom is -0.302 e. The van der Waals surface area contributed by atoms with Gasteiger partial charge in [-0.05, 0) is 12.0 Å². The van der Waals surface area contributed by atoms with Crippen molar-refractivity contribution in [2.45, 2.75) is 26.2 Å². The predicted octanol–water partition coefficient (Wildman–Crippen LogP) is 3.47. The van der Waals surface area contributed by atoms with Crippen molar-refractivity contribution in [2.24, 2.45) is 0 Å². The Morgan fingerprint density at radius 3 is 2.83 bits per heavy atom. The third-order valence-electron chi connectivity index (χ3n) is 2.50. The number of nitrogens with zero attached hydrogens (tertiary/aromatic N) is 1. The van der Waals surface area contributed by atoms with E-state index in [0.717, 1.165) is 17.7 Å². The second-order valence-corrected chi connectivity index (χ2v) is 5.21. The molecule has 0 aliphatic heterocycles. The van der Waals surface area contributed by atoms with Crippen LogP contribution < -0.4 is 5.32 Å². The van der Waals surface area contributed by atoms with Crippen molar-refractivity contribution in [1.29, 1.82) is 0 Å². The minimum absolute atomic E-state index is 0.0399. The van der Waals surface area contributed by atoms with Gasteiger partial charge in [-0.2, -0.15) is 0 Å². The van der Waals surface area contributed by atoms with Gasteiger partial charge in [-0.1, -0.05) is 37.3 Å². The van der Waals surface area contributed by atoms with E-state index in [1.54, 1.807) is 0 Å². The molecule has 1 aromatic heterocycles. The number of nitrogens with one attached hydrogen (secondary N) is 1. The maximum absolute atomic E-state index is 11.4. The molecule has 2 aromatic rings. The van der Waals surface area contributed by atoms with Crippen molar-refractivity contribution in [2.75, 3.05) is 5.32 Å². The molecule has 94 valence electrons. The van der Waals surface area contributed by atoms with E-state index in [0.29, 0.717) is 11.6 Å². The second-order valence-electron chi connectivity index (χ2n) is 4.09. The van der Waals surface area contributed by atoms with Crippen LogP contribution in [0.15, 0.2) is 36.5 Å². The van der Waals surface area contributed by atoms with Gasteiger partial charge >= 0.3 is 0 Å². The zero-order valence-corrected chi connectivity index (χ0v) is 11.2. The molecule has 1 heterocycles. The fourth-order valence-electron chi connectivity index (χ4n) is 1.65. The number of benzene rings is 1. The number of anilines is 1. The van der Waals surface area contributed by atoms with Gasteiger partial charge in [0.1, 0.15) is 0 Å². The number of aromatic nitrogens is 1. The summed E-state index contributed by atoms with van der Waals surface area (Å²) < 4.78 is 0. The van der Waals surface area contributed by atoms with E-state index in [2.05, 4.69) is 22.4 Å². The maximum Gasteiger partial charge on any atom is 0.226 e. The fourth-order valence-corrected chi connectivity index (χ4v) is 2.52. The SMILES string of the molecule is CCCC(=O)Nc1ncc(Cc2ccccc2)s1. The van der Waals surface area contributed by atoms with Gasteiger partial charge in [0.15, 0.2) is 5.13 Å². The van der Waals surface area contributed by atoms with Crippen LogP contribution in [0.25, 0.3) is 0 Å². The van der Waals surface area contributed by atoms with E-state index in [4.69, 9.17) is 0 Å². The van der Waals surface area contributed by atoms with Gasteiger partial charge in [0.05, 0.1) is 0 Å². The van der Waals surface area contributed by atoms with Crippen LogP contribution in [-0.2, 0) is 11.2 Å². The lowest BCUT2D eigenvalue weighted by Crippen LogP contribution is -2.09. The molecule has 18 heavy (non-hydrogen) atoms. The van der Waals surface area contributed by atoms with Crippen LogP contribution in [0.1, 0.15) is 30.2 Å². The molecular weight excluding hydrogens is 244 g/mol. The molecule has 0 bridgehead atoms. The monoisotopic (exact) mass is 260 g/mol. The third kappa shape index (κ3) is 3.67. The van der Waals surface area contributed by atoms with Crippen molar-refractivity contribution < 1.29 is 4.79 Å². The summed E-state index contributed by atoms with van der Waals surface area (Å²) in [4.78, 5) is 16.8. The molecule has 1 amide bonds. The molecule has 0 fully saturated rings. The summed E-state index contributed by atoms with van der Waals surface area (Å²) in [5.41, 5.74) is 1.26. The van der Waals surface area contributed by atoms with E-state index in [1.807, 2.05) is 31.3 Å². The van der Waals surface area contributed by atoms with Crippen LogP contribution in [0.4, 0.5) is 5.13 Å². The first-order valence-electron chi connectivity index (χ1n) is 6.06. The smallest absolute Gasteiger partial charge is 0.226 e. The van der Waals surface area contributed by atoms with Crippen LogP contribution in [0.3, 0.4) is 0 Å². The lowest BCUT2D eigenvalue weighted by atomic mass is 10.1. The molecule has 0 saturated carbocycles. The van der Waals surface area contributed by atoms with Gasteiger partial charge in [0.25, 0.3) is 0 Å². The van der Waals surface area contributed by atoms with Crippen molar-refractivity contribution in [1.82, 2.24) is 4.98 Å². The highest BCUT2D eigenvalue weighted by Gasteiger charge is 2.06. The lowest BCUT2D eigenvalue weighted by Gasteiger charge is -1.98. The Kier molecular flexibility index (Phi) is 4.47. The molecule has 0 aliphatic rings. The largest absolute Gasteiger partial charge is 0.302 e. The first-order chi connectivity index (χ1) is 8.78. The number of hydrogen-bond donors (Lipinski definition) is 1. The molecule has 0 aliphatic carbocycles. The molecule has 1 aromatic carbocycles. The summed E-state index contributed by atoms with van der Waals surface area (Å²) in [7, 11) is 0. The fraction of sp³-hybridized carbons (Fsp3) is 0.286. The zero-order valence-electron chi connectivity index (χ0n) is 10.3. The van der Waals surface area contributed by atoms with Crippen molar-refractivity contribution in [3.05, 3.63) is 47.0 Å². The average Bonchev–Trinajstić information content (AvgIpc) is 2.78. The molecule has 1 N–H and O–H groups in total. The Morgan fingerprint density at radius 1 is 1.33 bits per heavy atom. The molecule has 0 spiro atoms. The van der Waals surface area contributed by atoms with Crippen LogP contribution in [0, 0.1) is 0 Å². The highest BCUT2D eigenvalue weighted by molar-refractivity contribution is 7.15. The van der Waals surface area contributed by atoms with Crippen LogP contribution in [-0.4, -0.2) is 10.9 Å². The van der Waals surface area contributed by atoms with E-state index in [1.165, 1.54) is 16.9 Å². The molecule has 0 saturated heterocycles. The normalized spacial score (nSPS) is 10.3. The second kappa shape index (κ2) is 6.31. The average molecular weight is 260 g/mol. The highest BCUT2D eigenvalue weighted by Crippen LogP contribution is 2.21. The van der Waals surface area contributed by atoms with Gasteiger partial charge in [-0.25, -0.2) is 4.98 Å². The first-order valence-corrected chi connectivity index (χ1v) is 6.88. The molecule has 2 rings (SSSR count). The molecule has 3 nitrogen and oxygen atoms in total. The van der Waals surface area contributed by atoms with Crippen molar-refractivity contribution in [3.63, 3.8) is 0 Å². The Bertz CT molecular complexity index is 508. The van der Waals surface area contributed by atoms with Gasteiger partial charge < -0.3 is 5.32 Å². The Balaban J connectivity index is 1.96. The zero-order chi connectivity index (χ0) is 12.8. The maximum atomic E-state index is 11.4. The summed E-state index contributed by atoms with van der Waals surface area (Å²) >= 11 is 1.54. The van der Waals surface area contributed by atoms with Crippen LogP contribution in [0.5, 0.6) is 0 Å². The predicted molar refractivity (Wildman–Crippen MR) is 74.9 cm³/mol. The molecule has 0 radical (unpaired) electrons. The first kappa shape index (κ1) is 12.8. The minimum atomic E-state index is 0.0399. The Morgan fingerprint density at radius 2 is 2.11 bits per heavy atom. The quantitative estimate of drug-likeness (QED) is 0.894. The van der Waals surface area contributed by atoms with Gasteiger partial charge in [0, 0.05) is 23.9 Å². The number of rotatable bonds is 5. The van der Waals surface area contributed by atoms with Gasteiger partial charge in [-0.15, -0.1) is 11.3 Å². The number of hydrogen-bond acceptors (Lipinski definition) is 3. The topological polar surface area (TPSA) is 42.0 Å². The van der Waals surface area contributed by atoms with Gasteiger partial charge in [0.2, 0.25) is 5.91 Å². The van der Waals surface area contributed by atoms with E-state index in [-0.39, 0.29) is 5.91 Å². The van der Waals surface area contributed by atoms with Gasteiger partial charge in [-0.3, -0.25) is 4.79 Å². The van der Waals surface area contributed by atoms with Crippen molar-refractivity contribution in [3.8, 4) is 0 Å². The molecular formula is C14H16N2OS. The van der Waals surface area contributed by atoms with Crippen molar-refractivity contribution >= 4 is 22.4 Å². The molecule has 0 unspecified atom stereocenters. The van der Waals surface area contributed by atoms with E-state index >= 15 is 0 Å². The summed E-state index contributed by atoms with van der Waals surface area (Å²) in [5, 5.41) is 3.51. The number of amides is 1. The molecule has 0 atom stereocenters. The third-order valence-corrected chi connectivity index (χ3v) is 3.41. The summed E-state index contributed by atoms with van der Waals surface area (Å²) in [6, 6.07) is 10.2. The highest BCUT2D eigenvalue weighted by atomic mass is 32.1. The van der Waals surface area contributed by atoms with E-state index < -0.39 is 0 Å². The van der Waals surface area contributed by atoms with Crippen LogP contribution in [0.2, 0.25) is 0 Å². The van der Waals surface area contributed by atoms with E-state index in [9.17, 15) is 4.79 Å². The summed E-state index contributed by atoms with van der Waals surface area (Å²) in [6.45, 7) is 1.99.